The highest BCUT2D eigenvalue weighted by atomic mass is 35.5. The van der Waals surface area contributed by atoms with Gasteiger partial charge in [0.2, 0.25) is 21.8 Å². The van der Waals surface area contributed by atoms with E-state index in [4.69, 9.17) is 23.2 Å². The van der Waals surface area contributed by atoms with Gasteiger partial charge in [-0.1, -0.05) is 49.5 Å². The number of benzene rings is 2. The summed E-state index contributed by atoms with van der Waals surface area (Å²) in [5.41, 5.74) is 0.550. The van der Waals surface area contributed by atoms with E-state index >= 15 is 0 Å². The van der Waals surface area contributed by atoms with Crippen molar-refractivity contribution in [2.75, 3.05) is 23.7 Å². The molecule has 12 heteroatoms. The number of halogens is 4. The average molecular weight is 593 g/mol. The molecule has 0 bridgehead atoms. The second kappa shape index (κ2) is 14.6. The van der Waals surface area contributed by atoms with Gasteiger partial charge in [-0.3, -0.25) is 13.9 Å². The maximum Gasteiger partial charge on any atom is 0.242 e. The molecule has 1 atom stereocenters. The highest BCUT2D eigenvalue weighted by molar-refractivity contribution is 7.92. The Morgan fingerprint density at radius 2 is 1.74 bits per heavy atom. The minimum atomic E-state index is -3.85. The molecule has 210 valence electrons. The topological polar surface area (TPSA) is 86.8 Å². The summed E-state index contributed by atoms with van der Waals surface area (Å²) in [6, 6.07) is 6.89. The van der Waals surface area contributed by atoms with Gasteiger partial charge in [0.25, 0.3) is 0 Å². The van der Waals surface area contributed by atoms with Crippen molar-refractivity contribution in [2.24, 2.45) is 0 Å². The lowest BCUT2D eigenvalue weighted by atomic mass is 10.1. The smallest absolute Gasteiger partial charge is 0.242 e. The van der Waals surface area contributed by atoms with Crippen LogP contribution < -0.4 is 9.62 Å². The summed E-state index contributed by atoms with van der Waals surface area (Å²) in [6.45, 7) is 4.18. The molecular weight excluding hydrogens is 559 g/mol. The Kier molecular flexibility index (Phi) is 12.3. The van der Waals surface area contributed by atoms with Crippen molar-refractivity contribution in [2.45, 2.75) is 58.5 Å². The molecule has 0 unspecified atom stereocenters. The van der Waals surface area contributed by atoms with Crippen LogP contribution in [0.5, 0.6) is 0 Å². The summed E-state index contributed by atoms with van der Waals surface area (Å²) >= 11 is 12.3. The average Bonchev–Trinajstić information content (AvgIpc) is 2.84. The van der Waals surface area contributed by atoms with Crippen LogP contribution in [0.25, 0.3) is 0 Å². The molecule has 0 radical (unpaired) electrons. The first-order chi connectivity index (χ1) is 17.9. The van der Waals surface area contributed by atoms with Crippen LogP contribution in [0, 0.1) is 11.6 Å². The van der Waals surface area contributed by atoms with Crippen molar-refractivity contribution in [3.63, 3.8) is 0 Å². The lowest BCUT2D eigenvalue weighted by Gasteiger charge is -2.31. The number of anilines is 1. The Balaban J connectivity index is 2.25. The van der Waals surface area contributed by atoms with Gasteiger partial charge in [0.05, 0.1) is 11.9 Å². The zero-order valence-corrected chi connectivity index (χ0v) is 24.0. The molecule has 7 nitrogen and oxygen atoms in total. The number of hydrogen-bond acceptors (Lipinski definition) is 4. The summed E-state index contributed by atoms with van der Waals surface area (Å²) < 4.78 is 52.7. The number of rotatable bonds is 14. The predicted octanol–water partition coefficient (Wildman–Crippen LogP) is 5.54. The Morgan fingerprint density at radius 1 is 1.03 bits per heavy atom. The zero-order valence-electron chi connectivity index (χ0n) is 21.6. The van der Waals surface area contributed by atoms with Crippen LogP contribution in [0.4, 0.5) is 14.5 Å². The second-order valence-corrected chi connectivity index (χ2v) is 11.6. The van der Waals surface area contributed by atoms with E-state index in [1.54, 1.807) is 25.1 Å². The summed E-state index contributed by atoms with van der Waals surface area (Å²) in [6.07, 6.45) is 2.96. The van der Waals surface area contributed by atoms with E-state index in [-0.39, 0.29) is 43.4 Å². The van der Waals surface area contributed by atoms with Gasteiger partial charge in [0.15, 0.2) is 11.6 Å². The summed E-state index contributed by atoms with van der Waals surface area (Å²) in [7, 11) is -3.85. The van der Waals surface area contributed by atoms with Gasteiger partial charge >= 0.3 is 0 Å². The molecule has 38 heavy (non-hydrogen) atoms. The van der Waals surface area contributed by atoms with Crippen LogP contribution in [-0.2, 0) is 26.2 Å². The Hall–Kier alpha value is -2.43. The van der Waals surface area contributed by atoms with Gasteiger partial charge in [-0.25, -0.2) is 17.2 Å². The summed E-state index contributed by atoms with van der Waals surface area (Å²) in [5, 5.41) is 3.64. The fourth-order valence-corrected chi connectivity index (χ4v) is 5.33. The first-order valence-corrected chi connectivity index (χ1v) is 14.9. The highest BCUT2D eigenvalue weighted by Crippen LogP contribution is 2.25. The van der Waals surface area contributed by atoms with Gasteiger partial charge in [-0.15, -0.1) is 0 Å². The van der Waals surface area contributed by atoms with E-state index < -0.39 is 27.7 Å². The third-order valence-corrected chi connectivity index (χ3v) is 7.70. The fourth-order valence-electron chi connectivity index (χ4n) is 3.90. The van der Waals surface area contributed by atoms with Gasteiger partial charge in [-0.2, -0.15) is 0 Å². The van der Waals surface area contributed by atoms with Crippen LogP contribution in [0.1, 0.15) is 51.5 Å². The number of unbranched alkanes of at least 4 members (excludes halogenated alkanes) is 1. The lowest BCUT2D eigenvalue weighted by Crippen LogP contribution is -2.49. The zero-order chi connectivity index (χ0) is 28.5. The molecule has 0 aliphatic carbocycles. The van der Waals surface area contributed by atoms with E-state index in [1.165, 1.54) is 4.90 Å². The Labute approximate surface area is 233 Å². The molecule has 2 amide bonds. The van der Waals surface area contributed by atoms with E-state index in [9.17, 15) is 26.8 Å². The summed E-state index contributed by atoms with van der Waals surface area (Å²) in [5.74, 6) is -2.96. The first kappa shape index (κ1) is 31.8. The normalized spacial score (nSPS) is 12.2. The van der Waals surface area contributed by atoms with Crippen LogP contribution in [-0.4, -0.2) is 50.5 Å². The van der Waals surface area contributed by atoms with Gasteiger partial charge in [0.1, 0.15) is 6.04 Å². The molecule has 2 aromatic carbocycles. The Bertz CT molecular complexity index is 1230. The second-order valence-electron chi connectivity index (χ2n) is 8.86. The van der Waals surface area contributed by atoms with Gasteiger partial charge in [-0.05, 0) is 49.1 Å². The predicted molar refractivity (Wildman–Crippen MR) is 147 cm³/mol. The van der Waals surface area contributed by atoms with Crippen LogP contribution in [0.15, 0.2) is 36.4 Å². The maximum absolute atomic E-state index is 13.7. The quantitative estimate of drug-likeness (QED) is 0.292. The largest absolute Gasteiger partial charge is 0.354 e. The van der Waals surface area contributed by atoms with Crippen molar-refractivity contribution in [3.05, 3.63) is 63.6 Å². The van der Waals surface area contributed by atoms with E-state index in [2.05, 4.69) is 5.32 Å². The molecule has 0 saturated carbocycles. The van der Waals surface area contributed by atoms with E-state index in [0.29, 0.717) is 28.6 Å². The number of carbonyl (C=O) groups excluding carboxylic acids is 2. The lowest BCUT2D eigenvalue weighted by molar-refractivity contribution is -0.141. The molecule has 2 rings (SSSR count). The van der Waals surface area contributed by atoms with E-state index in [0.717, 1.165) is 41.6 Å². The van der Waals surface area contributed by atoms with Crippen molar-refractivity contribution in [1.82, 2.24) is 10.2 Å². The molecule has 0 aliphatic heterocycles. The van der Waals surface area contributed by atoms with Crippen molar-refractivity contribution in [3.8, 4) is 0 Å². The molecule has 0 aromatic heterocycles. The third kappa shape index (κ3) is 9.10. The van der Waals surface area contributed by atoms with E-state index in [1.807, 2.05) is 6.92 Å². The molecule has 0 saturated heterocycles. The SMILES string of the molecule is CCCCNC(=O)[C@H](CC)N(Cc1ccc(Cl)cc1Cl)C(=O)CCCN(c1ccc(F)c(F)c1)S(C)(=O)=O. The minimum absolute atomic E-state index is 0.0491. The first-order valence-electron chi connectivity index (χ1n) is 12.3. The van der Waals surface area contributed by atoms with Crippen molar-refractivity contribution < 1.29 is 26.8 Å². The van der Waals surface area contributed by atoms with Gasteiger partial charge in [0, 0.05) is 42.2 Å². The summed E-state index contributed by atoms with van der Waals surface area (Å²) in [4.78, 5) is 27.8. The number of sulfonamides is 1. The van der Waals surface area contributed by atoms with Crippen molar-refractivity contribution >= 4 is 50.7 Å². The van der Waals surface area contributed by atoms with Crippen LogP contribution in [0.2, 0.25) is 10.0 Å². The highest BCUT2D eigenvalue weighted by Gasteiger charge is 2.29. The standard InChI is InChI=1S/C26H33Cl2F2N3O4S/c1-4-6-13-31-26(35)24(5-2)32(17-18-9-10-19(27)15-21(18)28)25(34)8-7-14-33(38(3,36)37)20-11-12-22(29)23(30)16-20/h9-12,15-16,24H,4-8,13-14,17H2,1-3H3,(H,31,35)/t24-/m0/s1. The number of amides is 2. The molecule has 0 aliphatic rings. The maximum atomic E-state index is 13.7. The monoisotopic (exact) mass is 591 g/mol. The number of carbonyl (C=O) groups is 2. The molecule has 0 spiro atoms. The van der Waals surface area contributed by atoms with Crippen LogP contribution >= 0.6 is 23.2 Å². The van der Waals surface area contributed by atoms with Gasteiger partial charge < -0.3 is 10.2 Å². The van der Waals surface area contributed by atoms with Crippen LogP contribution in [0.3, 0.4) is 0 Å². The van der Waals surface area contributed by atoms with Crippen molar-refractivity contribution in [1.29, 1.82) is 0 Å². The number of nitrogens with one attached hydrogen (secondary N) is 1. The Morgan fingerprint density at radius 3 is 2.32 bits per heavy atom. The molecule has 0 heterocycles. The number of hydrogen-bond donors (Lipinski definition) is 1. The molecule has 1 N–H and O–H groups in total. The molecule has 2 aromatic rings. The minimum Gasteiger partial charge on any atom is -0.354 e. The molecule has 0 fully saturated rings. The number of nitrogens with zero attached hydrogens (tertiary/aromatic N) is 2. The third-order valence-electron chi connectivity index (χ3n) is 5.91. The molecular formula is C26H33Cl2F2N3O4S. The fraction of sp³-hybridized carbons (Fsp3) is 0.462.